The van der Waals surface area contributed by atoms with Crippen molar-refractivity contribution in [2.45, 2.75) is 20.1 Å². The number of aryl methyl sites for hydroxylation is 1. The maximum absolute atomic E-state index is 12.6. The molecule has 4 heterocycles. The van der Waals surface area contributed by atoms with E-state index in [9.17, 15) is 9.59 Å². The molecule has 0 unspecified atom stereocenters. The smallest absolute Gasteiger partial charge is 0.348 e. The highest BCUT2D eigenvalue weighted by Gasteiger charge is 2.18. The van der Waals surface area contributed by atoms with Gasteiger partial charge in [-0.2, -0.15) is 5.10 Å². The zero-order valence-corrected chi connectivity index (χ0v) is 18.6. The highest BCUT2D eigenvalue weighted by atomic mass is 35.5. The lowest BCUT2D eigenvalue weighted by molar-refractivity contribution is 0.0473. The van der Waals surface area contributed by atoms with E-state index < -0.39 is 5.97 Å². The van der Waals surface area contributed by atoms with E-state index in [1.54, 1.807) is 17.6 Å². The molecule has 156 valence electrons. The predicted molar refractivity (Wildman–Crippen MR) is 121 cm³/mol. The minimum Gasteiger partial charge on any atom is -0.455 e. The molecule has 0 aliphatic carbocycles. The molecule has 10 heteroatoms. The first-order chi connectivity index (χ1) is 15.0. The number of ether oxygens (including phenoxy) is 1. The SMILES string of the molecule is Cc1nn(Cc2ccccc2Cl)c2sc(C(=O)OCc3cc(=O)n4ccsc4n3)cc12. The molecule has 0 fully saturated rings. The van der Waals surface area contributed by atoms with Gasteiger partial charge in [-0.15, -0.1) is 22.7 Å². The van der Waals surface area contributed by atoms with Gasteiger partial charge in [0.15, 0.2) is 4.96 Å². The third-order valence-corrected chi connectivity index (χ3v) is 7.05. The van der Waals surface area contributed by atoms with Crippen molar-refractivity contribution in [2.24, 2.45) is 0 Å². The lowest BCUT2D eigenvalue weighted by atomic mass is 10.2. The molecule has 0 spiro atoms. The molecule has 0 saturated heterocycles. The Morgan fingerprint density at radius 1 is 1.26 bits per heavy atom. The molecule has 1 aromatic carbocycles. The van der Waals surface area contributed by atoms with E-state index in [0.29, 0.717) is 27.1 Å². The van der Waals surface area contributed by atoms with Gasteiger partial charge >= 0.3 is 5.97 Å². The van der Waals surface area contributed by atoms with E-state index in [0.717, 1.165) is 21.5 Å². The minimum atomic E-state index is -0.460. The first kappa shape index (κ1) is 19.9. The molecule has 0 bridgehead atoms. The zero-order valence-electron chi connectivity index (χ0n) is 16.2. The maximum Gasteiger partial charge on any atom is 0.348 e. The van der Waals surface area contributed by atoms with Gasteiger partial charge in [-0.05, 0) is 24.6 Å². The van der Waals surface area contributed by atoms with Gasteiger partial charge in [-0.25, -0.2) is 9.78 Å². The van der Waals surface area contributed by atoms with Crippen LogP contribution in [0.2, 0.25) is 5.02 Å². The quantitative estimate of drug-likeness (QED) is 0.352. The number of halogens is 1. The molecule has 0 aliphatic heterocycles. The number of nitrogens with zero attached hydrogens (tertiary/aromatic N) is 4. The van der Waals surface area contributed by atoms with Crippen molar-refractivity contribution < 1.29 is 9.53 Å². The van der Waals surface area contributed by atoms with Crippen LogP contribution in [-0.2, 0) is 17.9 Å². The van der Waals surface area contributed by atoms with Gasteiger partial charge in [-0.1, -0.05) is 29.8 Å². The molecule has 0 aliphatic rings. The molecular formula is C21H15ClN4O3S2. The Hall–Kier alpha value is -3.01. The van der Waals surface area contributed by atoms with Gasteiger partial charge < -0.3 is 4.74 Å². The first-order valence-corrected chi connectivity index (χ1v) is 11.4. The van der Waals surface area contributed by atoms with Gasteiger partial charge in [0.1, 0.15) is 16.3 Å². The van der Waals surface area contributed by atoms with Crippen LogP contribution in [0.5, 0.6) is 0 Å². The number of carbonyl (C=O) groups is 1. The van der Waals surface area contributed by atoms with Crippen LogP contribution in [0.3, 0.4) is 0 Å². The summed E-state index contributed by atoms with van der Waals surface area (Å²) < 4.78 is 8.73. The van der Waals surface area contributed by atoms with Crippen molar-refractivity contribution in [3.63, 3.8) is 0 Å². The van der Waals surface area contributed by atoms with Crippen LogP contribution < -0.4 is 5.56 Å². The van der Waals surface area contributed by atoms with Gasteiger partial charge in [0.2, 0.25) is 0 Å². The van der Waals surface area contributed by atoms with E-state index >= 15 is 0 Å². The van der Waals surface area contributed by atoms with Gasteiger partial charge in [0, 0.05) is 28.1 Å². The number of hydrogen-bond donors (Lipinski definition) is 0. The van der Waals surface area contributed by atoms with Crippen LogP contribution in [0, 0.1) is 6.92 Å². The van der Waals surface area contributed by atoms with Crippen LogP contribution >= 0.6 is 34.3 Å². The Morgan fingerprint density at radius 3 is 2.94 bits per heavy atom. The zero-order chi connectivity index (χ0) is 21.5. The highest BCUT2D eigenvalue weighted by molar-refractivity contribution is 7.20. The fourth-order valence-electron chi connectivity index (χ4n) is 3.28. The number of aromatic nitrogens is 4. The number of fused-ring (bicyclic) bond motifs is 2. The van der Waals surface area contributed by atoms with Crippen LogP contribution in [0.15, 0.2) is 52.8 Å². The topological polar surface area (TPSA) is 78.5 Å². The van der Waals surface area contributed by atoms with E-state index in [1.165, 1.54) is 33.1 Å². The number of rotatable bonds is 5. The average molecular weight is 471 g/mol. The molecule has 0 N–H and O–H groups in total. The van der Waals surface area contributed by atoms with Crippen molar-refractivity contribution in [3.8, 4) is 0 Å². The average Bonchev–Trinajstić information content (AvgIpc) is 3.46. The summed E-state index contributed by atoms with van der Waals surface area (Å²) in [5, 5.41) is 7.94. The Bertz CT molecular complexity index is 1500. The van der Waals surface area contributed by atoms with E-state index in [2.05, 4.69) is 10.1 Å². The summed E-state index contributed by atoms with van der Waals surface area (Å²) in [4.78, 5) is 31.0. The minimum absolute atomic E-state index is 0.0680. The second kappa shape index (κ2) is 7.92. The molecule has 5 aromatic rings. The third kappa shape index (κ3) is 3.76. The van der Waals surface area contributed by atoms with Crippen LogP contribution in [0.4, 0.5) is 0 Å². The molecule has 7 nitrogen and oxygen atoms in total. The first-order valence-electron chi connectivity index (χ1n) is 9.33. The van der Waals surface area contributed by atoms with E-state index in [1.807, 2.05) is 35.9 Å². The van der Waals surface area contributed by atoms with Gasteiger partial charge in [0.05, 0.1) is 17.9 Å². The number of thiophene rings is 1. The van der Waals surface area contributed by atoms with Crippen molar-refractivity contribution in [1.82, 2.24) is 19.2 Å². The second-order valence-electron chi connectivity index (χ2n) is 6.88. The summed E-state index contributed by atoms with van der Waals surface area (Å²) in [6.45, 7) is 2.34. The van der Waals surface area contributed by atoms with Crippen molar-refractivity contribution in [2.75, 3.05) is 0 Å². The number of thiazole rings is 1. The highest BCUT2D eigenvalue weighted by Crippen LogP contribution is 2.30. The van der Waals surface area contributed by atoms with Gasteiger partial charge in [-0.3, -0.25) is 13.9 Å². The molecule has 0 saturated carbocycles. The molecule has 4 aromatic heterocycles. The summed E-state index contributed by atoms with van der Waals surface area (Å²) in [6, 6.07) is 10.8. The lowest BCUT2D eigenvalue weighted by Crippen LogP contribution is -2.14. The van der Waals surface area contributed by atoms with Crippen molar-refractivity contribution in [3.05, 3.63) is 85.2 Å². The molecule has 0 radical (unpaired) electrons. The third-order valence-electron chi connectivity index (χ3n) is 4.79. The summed E-state index contributed by atoms with van der Waals surface area (Å²) in [6.07, 6.45) is 1.66. The lowest BCUT2D eigenvalue weighted by Gasteiger charge is -2.05. The fourth-order valence-corrected chi connectivity index (χ4v) is 5.27. The monoisotopic (exact) mass is 470 g/mol. The van der Waals surface area contributed by atoms with Crippen molar-refractivity contribution >= 4 is 55.4 Å². The molecule has 0 amide bonds. The molecular weight excluding hydrogens is 456 g/mol. The Kier molecular flexibility index (Phi) is 5.09. The summed E-state index contributed by atoms with van der Waals surface area (Å²) in [7, 11) is 0. The largest absolute Gasteiger partial charge is 0.455 e. The summed E-state index contributed by atoms with van der Waals surface area (Å²) >= 11 is 8.96. The fraction of sp³-hybridized carbons (Fsp3) is 0.143. The van der Waals surface area contributed by atoms with E-state index in [4.69, 9.17) is 16.3 Å². The summed E-state index contributed by atoms with van der Waals surface area (Å²) in [5.41, 5.74) is 2.00. The van der Waals surface area contributed by atoms with Crippen LogP contribution in [0.1, 0.15) is 26.6 Å². The van der Waals surface area contributed by atoms with E-state index in [-0.39, 0.29) is 12.2 Å². The maximum atomic E-state index is 12.6. The van der Waals surface area contributed by atoms with Crippen LogP contribution in [0.25, 0.3) is 15.2 Å². The Labute approximate surface area is 189 Å². The number of benzene rings is 1. The van der Waals surface area contributed by atoms with Gasteiger partial charge in [0.25, 0.3) is 5.56 Å². The Balaban J connectivity index is 1.37. The standard InChI is InChI=1S/C21H15ClN4O3S2/c1-12-15-9-17(31-19(15)26(24-12)10-13-4-2-3-5-16(13)22)20(28)29-11-14-8-18(27)25-6-7-30-21(25)23-14/h2-9H,10-11H2,1H3. The van der Waals surface area contributed by atoms with Crippen LogP contribution in [-0.4, -0.2) is 25.1 Å². The number of esters is 1. The number of hydrogen-bond acceptors (Lipinski definition) is 7. The number of carbonyl (C=O) groups excluding carboxylic acids is 1. The molecule has 5 rings (SSSR count). The molecule has 31 heavy (non-hydrogen) atoms. The molecule has 0 atom stereocenters. The van der Waals surface area contributed by atoms with Crippen molar-refractivity contribution in [1.29, 1.82) is 0 Å². The Morgan fingerprint density at radius 2 is 2.10 bits per heavy atom. The summed E-state index contributed by atoms with van der Waals surface area (Å²) in [5.74, 6) is -0.460. The predicted octanol–water partition coefficient (Wildman–Crippen LogP) is 4.53. The normalized spacial score (nSPS) is 11.4. The second-order valence-corrected chi connectivity index (χ2v) is 9.19.